The molecule has 0 bridgehead atoms. The van der Waals surface area contributed by atoms with Crippen LogP contribution in [0.1, 0.15) is 67.7 Å². The van der Waals surface area contributed by atoms with Crippen molar-refractivity contribution in [2.24, 2.45) is 45.3 Å². The van der Waals surface area contributed by atoms with E-state index in [-0.39, 0.29) is 24.8 Å². The summed E-state index contributed by atoms with van der Waals surface area (Å²) in [6, 6.07) is 1.77. The topological polar surface area (TPSA) is 114 Å². The molecule has 2 unspecified atom stereocenters. The van der Waals surface area contributed by atoms with Gasteiger partial charge in [0.2, 0.25) is 5.60 Å². The number of halogens is 2. The van der Waals surface area contributed by atoms with Crippen molar-refractivity contribution in [3.63, 3.8) is 0 Å². The van der Waals surface area contributed by atoms with Gasteiger partial charge in [-0.15, -0.1) is 0 Å². The first-order chi connectivity index (χ1) is 18.4. The first-order valence-corrected chi connectivity index (χ1v) is 14.1. The van der Waals surface area contributed by atoms with Crippen LogP contribution in [0.3, 0.4) is 0 Å². The molecule has 0 spiro atoms. The number of nitriles is 1. The van der Waals surface area contributed by atoms with E-state index in [4.69, 9.17) is 14.7 Å². The van der Waals surface area contributed by atoms with Crippen LogP contribution in [0, 0.1) is 56.7 Å². The van der Waals surface area contributed by atoms with E-state index in [0.717, 1.165) is 6.08 Å². The van der Waals surface area contributed by atoms with Gasteiger partial charge in [0.25, 0.3) is 0 Å². The maximum absolute atomic E-state index is 17.5. The van der Waals surface area contributed by atoms with Gasteiger partial charge in [0.05, 0.1) is 12.0 Å². The van der Waals surface area contributed by atoms with Gasteiger partial charge < -0.3 is 14.6 Å². The van der Waals surface area contributed by atoms with Gasteiger partial charge >= 0.3 is 11.9 Å². The van der Waals surface area contributed by atoms with E-state index in [2.05, 4.69) is 0 Å². The fourth-order valence-electron chi connectivity index (χ4n) is 9.43. The van der Waals surface area contributed by atoms with Gasteiger partial charge in [-0.25, -0.2) is 13.6 Å². The molecule has 9 atom stereocenters. The number of carbonyl (C=O) groups is 3. The van der Waals surface area contributed by atoms with Crippen LogP contribution in [0.25, 0.3) is 0 Å². The lowest BCUT2D eigenvalue weighted by atomic mass is 9.44. The number of ether oxygens (including phenoxy) is 2. The summed E-state index contributed by atoms with van der Waals surface area (Å²) in [5, 5.41) is 20.8. The second-order valence-corrected chi connectivity index (χ2v) is 14.3. The summed E-state index contributed by atoms with van der Waals surface area (Å²) in [7, 11) is 0. The molecule has 0 aromatic carbocycles. The number of esters is 2. The lowest BCUT2D eigenvalue weighted by Gasteiger charge is -2.63. The summed E-state index contributed by atoms with van der Waals surface area (Å²) < 4.78 is 44.9. The summed E-state index contributed by atoms with van der Waals surface area (Å²) >= 11 is 0. The highest BCUT2D eigenvalue weighted by Gasteiger charge is 2.80. The lowest BCUT2D eigenvalue weighted by molar-refractivity contribution is -0.239. The van der Waals surface area contributed by atoms with Crippen molar-refractivity contribution in [3.05, 3.63) is 23.8 Å². The molecule has 0 aliphatic heterocycles. The molecule has 5 aliphatic carbocycles. The second-order valence-electron chi connectivity index (χ2n) is 14.3. The molecular formula is C31H39F2NO6. The number of rotatable bonds is 4. The van der Waals surface area contributed by atoms with E-state index in [9.17, 15) is 19.5 Å². The SMILES string of the molecule is C[C@@H]1CC2C3C[C@H](F)C4=CC(=O)C=C[C@]4(C)[C@@]3(F)[C@@H](O)C[C@]2(C)[C@@]1(OC(=O)C1C(C)(C)C1(C)C)C(=O)OCC#N. The molecule has 4 fully saturated rings. The van der Waals surface area contributed by atoms with Gasteiger partial charge in [0.1, 0.15) is 12.2 Å². The maximum atomic E-state index is 17.5. The smallest absolute Gasteiger partial charge is 0.352 e. The molecule has 5 aliphatic rings. The highest BCUT2D eigenvalue weighted by atomic mass is 19.1. The average Bonchev–Trinajstić information content (AvgIpc) is 3.17. The molecule has 1 N–H and O–H groups in total. The van der Waals surface area contributed by atoms with Crippen LogP contribution in [0.15, 0.2) is 23.8 Å². The zero-order chi connectivity index (χ0) is 29.8. The van der Waals surface area contributed by atoms with E-state index < -0.39 is 93.2 Å². The fourth-order valence-corrected chi connectivity index (χ4v) is 9.43. The lowest BCUT2D eigenvalue weighted by Crippen LogP contribution is -2.71. The standard InChI is InChI=1S/C31H39F2NO6/c1-16-12-18-19-14-21(32)20-13-17(35)8-9-28(20,6)30(19,33)22(36)15-29(18,7)31(16,25(38)39-11-10-34)40-24(37)23-26(2,3)27(23,4)5/h8-9,13,16,18-19,21-23,36H,11-12,14-15H2,1-7H3/t16-,18?,19?,21+,22+,28+,29+,30+,31+/m1/s1. The molecule has 40 heavy (non-hydrogen) atoms. The number of allylic oxidation sites excluding steroid dienone is 4. The first-order valence-electron chi connectivity index (χ1n) is 14.1. The summed E-state index contributed by atoms with van der Waals surface area (Å²) in [5.41, 5.74) is -7.91. The second kappa shape index (κ2) is 8.47. The number of alkyl halides is 2. The molecule has 0 heterocycles. The Balaban J connectivity index is 1.62. The van der Waals surface area contributed by atoms with Crippen molar-refractivity contribution in [1.82, 2.24) is 0 Å². The number of hydrogen-bond acceptors (Lipinski definition) is 7. The first kappa shape index (κ1) is 28.9. The fraction of sp³-hybridized carbons (Fsp3) is 0.742. The number of hydrogen-bond donors (Lipinski definition) is 1. The van der Waals surface area contributed by atoms with E-state index in [1.54, 1.807) is 19.9 Å². The Kier molecular flexibility index (Phi) is 6.12. The Bertz CT molecular complexity index is 1270. The Hall–Kier alpha value is -2.60. The third-order valence-electron chi connectivity index (χ3n) is 12.3. The van der Waals surface area contributed by atoms with Crippen LogP contribution in [-0.4, -0.2) is 53.0 Å². The quantitative estimate of drug-likeness (QED) is 0.502. The Labute approximate surface area is 234 Å². The number of aliphatic hydroxyl groups is 1. The van der Waals surface area contributed by atoms with Gasteiger partial charge in [-0.2, -0.15) is 5.26 Å². The minimum Gasteiger partial charge on any atom is -0.447 e. The monoisotopic (exact) mass is 559 g/mol. The largest absolute Gasteiger partial charge is 0.447 e. The van der Waals surface area contributed by atoms with Gasteiger partial charge in [-0.3, -0.25) is 9.59 Å². The number of aliphatic hydroxyl groups excluding tert-OH is 1. The van der Waals surface area contributed by atoms with E-state index >= 15 is 8.78 Å². The molecule has 0 saturated heterocycles. The number of carbonyl (C=O) groups excluding carboxylic acids is 3. The van der Waals surface area contributed by atoms with Crippen LogP contribution in [0.2, 0.25) is 0 Å². The highest BCUT2D eigenvalue weighted by Crippen LogP contribution is 2.73. The third-order valence-corrected chi connectivity index (χ3v) is 12.3. The van der Waals surface area contributed by atoms with Crippen LogP contribution in [-0.2, 0) is 23.9 Å². The predicted octanol–water partition coefficient (Wildman–Crippen LogP) is 4.58. The summed E-state index contributed by atoms with van der Waals surface area (Å²) in [6.45, 7) is 12.1. The Morgan fingerprint density at radius 2 is 1.75 bits per heavy atom. The van der Waals surface area contributed by atoms with E-state index in [0.29, 0.717) is 0 Å². The zero-order valence-electron chi connectivity index (χ0n) is 24.2. The maximum Gasteiger partial charge on any atom is 0.352 e. The third kappa shape index (κ3) is 3.20. The molecule has 0 amide bonds. The Morgan fingerprint density at radius 1 is 1.12 bits per heavy atom. The van der Waals surface area contributed by atoms with Crippen molar-refractivity contribution in [2.45, 2.75) is 91.3 Å². The number of nitrogens with zero attached hydrogens (tertiary/aromatic N) is 1. The molecule has 0 aromatic heterocycles. The van der Waals surface area contributed by atoms with Crippen molar-refractivity contribution >= 4 is 17.7 Å². The molecule has 0 radical (unpaired) electrons. The molecule has 218 valence electrons. The summed E-state index contributed by atoms with van der Waals surface area (Å²) in [5.74, 6) is -4.80. The molecule has 4 saturated carbocycles. The van der Waals surface area contributed by atoms with Crippen molar-refractivity contribution in [2.75, 3.05) is 6.61 Å². The summed E-state index contributed by atoms with van der Waals surface area (Å²) in [4.78, 5) is 39.7. The highest BCUT2D eigenvalue weighted by molar-refractivity contribution is 6.01. The van der Waals surface area contributed by atoms with E-state index in [1.165, 1.54) is 19.1 Å². The minimum absolute atomic E-state index is 0.0109. The van der Waals surface area contributed by atoms with Crippen LogP contribution < -0.4 is 0 Å². The molecule has 7 nitrogen and oxygen atoms in total. The van der Waals surface area contributed by atoms with Crippen LogP contribution in [0.5, 0.6) is 0 Å². The van der Waals surface area contributed by atoms with Gasteiger partial charge in [0, 0.05) is 22.7 Å². The van der Waals surface area contributed by atoms with Gasteiger partial charge in [0.15, 0.2) is 18.1 Å². The summed E-state index contributed by atoms with van der Waals surface area (Å²) in [6.07, 6.45) is 0.0707. The molecular weight excluding hydrogens is 520 g/mol. The number of fused-ring (bicyclic) bond motifs is 5. The van der Waals surface area contributed by atoms with Gasteiger partial charge in [-0.05, 0) is 60.7 Å². The molecule has 9 heteroatoms. The minimum atomic E-state index is -2.33. The average molecular weight is 560 g/mol. The van der Waals surface area contributed by atoms with Gasteiger partial charge in [-0.1, -0.05) is 47.6 Å². The zero-order valence-corrected chi connectivity index (χ0v) is 24.2. The van der Waals surface area contributed by atoms with Crippen LogP contribution in [0.4, 0.5) is 8.78 Å². The Morgan fingerprint density at radius 3 is 2.33 bits per heavy atom. The molecule has 0 aromatic rings. The number of ketones is 1. The van der Waals surface area contributed by atoms with E-state index in [1.807, 2.05) is 27.7 Å². The normalized spacial score (nSPS) is 46.3. The van der Waals surface area contributed by atoms with Crippen molar-refractivity contribution < 1.29 is 37.7 Å². The van der Waals surface area contributed by atoms with Crippen molar-refractivity contribution in [3.8, 4) is 6.07 Å². The van der Waals surface area contributed by atoms with Crippen LogP contribution >= 0.6 is 0 Å². The predicted molar refractivity (Wildman–Crippen MR) is 140 cm³/mol. The molecule has 5 rings (SSSR count). The van der Waals surface area contributed by atoms with Crippen molar-refractivity contribution in [1.29, 1.82) is 5.26 Å².